The molecule has 1 unspecified atom stereocenters. The summed E-state index contributed by atoms with van der Waals surface area (Å²) in [6.07, 6.45) is -2.32. The molecule has 4 rings (SSSR count). The molecule has 2 aliphatic heterocycles. The smallest absolute Gasteiger partial charge is 0.306 e. The molecule has 2 bridgehead atoms. The van der Waals surface area contributed by atoms with E-state index in [-0.39, 0.29) is 19.3 Å². The van der Waals surface area contributed by atoms with Crippen LogP contribution in [0.2, 0.25) is 0 Å². The number of carbonyl (C=O) groups excluding carboxylic acids is 2. The fourth-order valence-electron chi connectivity index (χ4n) is 5.53. The molecular formula is C19H24O9. The maximum atomic E-state index is 12.5. The minimum atomic E-state index is -1.47. The molecular weight excluding hydrogens is 372 g/mol. The van der Waals surface area contributed by atoms with Gasteiger partial charge in [0.1, 0.15) is 23.9 Å². The molecule has 9 heteroatoms. The van der Waals surface area contributed by atoms with Crippen LogP contribution in [0.25, 0.3) is 0 Å². The normalized spacial score (nSPS) is 46.1. The number of Topliss-reactive ketones (excluding diaryl/α,β-unsaturated/α-hetero) is 1. The number of hydrogen-bond acceptors (Lipinski definition) is 8. The van der Waals surface area contributed by atoms with Crippen molar-refractivity contribution in [3.05, 3.63) is 11.6 Å². The summed E-state index contributed by atoms with van der Waals surface area (Å²) < 4.78 is 17.5. The zero-order valence-electron chi connectivity index (χ0n) is 15.7. The number of carboxylic acid groups (broad SMARTS) is 1. The zero-order chi connectivity index (χ0) is 20.5. The van der Waals surface area contributed by atoms with Crippen LogP contribution in [0.15, 0.2) is 11.6 Å². The second-order valence-electron chi connectivity index (χ2n) is 8.43. The molecule has 1 saturated carbocycles. The third kappa shape index (κ3) is 2.24. The first-order valence-electron chi connectivity index (χ1n) is 9.35. The first-order chi connectivity index (χ1) is 13.1. The summed E-state index contributed by atoms with van der Waals surface area (Å²) in [5.74, 6) is -2.22. The summed E-state index contributed by atoms with van der Waals surface area (Å²) in [5, 5.41) is 30.0. The highest BCUT2D eigenvalue weighted by molar-refractivity contribution is 6.00. The maximum Gasteiger partial charge on any atom is 0.306 e. The molecule has 9 nitrogen and oxygen atoms in total. The number of aliphatic hydroxyl groups excluding tert-OH is 2. The van der Waals surface area contributed by atoms with Crippen molar-refractivity contribution in [2.24, 2.45) is 10.8 Å². The third-order valence-corrected chi connectivity index (χ3v) is 7.24. The monoisotopic (exact) mass is 396 g/mol. The fourth-order valence-corrected chi connectivity index (χ4v) is 5.53. The number of aliphatic hydroxyl groups is 2. The zero-order valence-corrected chi connectivity index (χ0v) is 15.7. The summed E-state index contributed by atoms with van der Waals surface area (Å²) in [6, 6.07) is 0. The Hall–Kier alpha value is -1.81. The largest absolute Gasteiger partial charge is 0.481 e. The highest BCUT2D eigenvalue weighted by Gasteiger charge is 2.83. The summed E-state index contributed by atoms with van der Waals surface area (Å²) in [6.45, 7) is 3.22. The Morgan fingerprint density at radius 3 is 2.61 bits per heavy atom. The second kappa shape index (κ2) is 6.09. The average Bonchev–Trinajstić information content (AvgIpc) is 3.40. The Balaban J connectivity index is 1.69. The maximum absolute atomic E-state index is 12.5. The van der Waals surface area contributed by atoms with Crippen molar-refractivity contribution in [1.82, 2.24) is 0 Å². The minimum Gasteiger partial charge on any atom is -0.481 e. The Labute approximate surface area is 161 Å². The number of fused-ring (bicyclic) bond motifs is 2. The Morgan fingerprint density at radius 1 is 1.36 bits per heavy atom. The Bertz CT molecular complexity index is 769. The number of ketones is 1. The van der Waals surface area contributed by atoms with Crippen LogP contribution in [0.4, 0.5) is 0 Å². The summed E-state index contributed by atoms with van der Waals surface area (Å²) in [4.78, 5) is 35.3. The number of ether oxygens (including phenoxy) is 3. The highest BCUT2D eigenvalue weighted by atomic mass is 16.7. The molecule has 1 spiro atoms. The lowest BCUT2D eigenvalue weighted by Gasteiger charge is -2.58. The van der Waals surface area contributed by atoms with Crippen molar-refractivity contribution >= 4 is 17.7 Å². The molecule has 28 heavy (non-hydrogen) atoms. The molecule has 154 valence electrons. The van der Waals surface area contributed by atoms with Crippen LogP contribution in [0.3, 0.4) is 0 Å². The number of hydrogen-bond donors (Lipinski definition) is 3. The van der Waals surface area contributed by atoms with E-state index in [1.165, 1.54) is 0 Å². The van der Waals surface area contributed by atoms with Crippen LogP contribution >= 0.6 is 0 Å². The molecule has 2 heterocycles. The predicted octanol–water partition coefficient (Wildman–Crippen LogP) is -0.422. The van der Waals surface area contributed by atoms with Gasteiger partial charge in [-0.05, 0) is 25.0 Å². The number of esters is 1. The van der Waals surface area contributed by atoms with Gasteiger partial charge in [0.05, 0.1) is 37.6 Å². The van der Waals surface area contributed by atoms with Gasteiger partial charge in [0, 0.05) is 5.41 Å². The quantitative estimate of drug-likeness (QED) is 0.417. The van der Waals surface area contributed by atoms with E-state index in [0.717, 1.165) is 0 Å². The highest BCUT2D eigenvalue weighted by Crippen LogP contribution is 2.71. The van der Waals surface area contributed by atoms with Gasteiger partial charge in [-0.2, -0.15) is 0 Å². The second-order valence-corrected chi connectivity index (χ2v) is 8.43. The first kappa shape index (κ1) is 19.5. The Kier molecular flexibility index (Phi) is 4.24. The van der Waals surface area contributed by atoms with E-state index >= 15 is 0 Å². The van der Waals surface area contributed by atoms with E-state index in [1.54, 1.807) is 13.0 Å². The molecule has 2 saturated heterocycles. The van der Waals surface area contributed by atoms with Crippen molar-refractivity contribution in [2.45, 2.75) is 63.1 Å². The SMILES string of the molecule is CC1=C[C@@H]2O[C@H]3[C@H](OC(=O)CCC(=O)O)C[C@](C)(C34CO4)[C@]2(CO)[C@@H](O)C1=O. The molecule has 3 N–H and O–H groups in total. The molecule has 0 aromatic heterocycles. The van der Waals surface area contributed by atoms with Crippen LogP contribution in [-0.4, -0.2) is 76.3 Å². The van der Waals surface area contributed by atoms with Gasteiger partial charge >= 0.3 is 11.9 Å². The van der Waals surface area contributed by atoms with E-state index in [2.05, 4.69) is 0 Å². The van der Waals surface area contributed by atoms with E-state index in [9.17, 15) is 24.6 Å². The summed E-state index contributed by atoms with van der Waals surface area (Å²) in [5.41, 5.74) is -2.72. The van der Waals surface area contributed by atoms with Gasteiger partial charge < -0.3 is 29.5 Å². The van der Waals surface area contributed by atoms with Crippen LogP contribution in [0.1, 0.15) is 33.1 Å². The van der Waals surface area contributed by atoms with Crippen molar-refractivity contribution in [3.8, 4) is 0 Å². The number of epoxide rings is 1. The van der Waals surface area contributed by atoms with Gasteiger partial charge in [-0.25, -0.2) is 0 Å². The predicted molar refractivity (Wildman–Crippen MR) is 91.1 cm³/mol. The van der Waals surface area contributed by atoms with Crippen molar-refractivity contribution < 1.29 is 43.9 Å². The summed E-state index contributed by atoms with van der Waals surface area (Å²) in [7, 11) is 0. The van der Waals surface area contributed by atoms with Crippen molar-refractivity contribution in [2.75, 3.05) is 13.2 Å². The average molecular weight is 396 g/mol. The Morgan fingerprint density at radius 2 is 2.04 bits per heavy atom. The molecule has 4 aliphatic rings. The van der Waals surface area contributed by atoms with E-state index in [1.807, 2.05) is 6.92 Å². The van der Waals surface area contributed by atoms with E-state index in [4.69, 9.17) is 19.3 Å². The number of carboxylic acids is 1. The van der Waals surface area contributed by atoms with Crippen molar-refractivity contribution in [1.29, 1.82) is 0 Å². The van der Waals surface area contributed by atoms with Gasteiger partial charge in [0.15, 0.2) is 5.78 Å². The molecule has 0 aromatic carbocycles. The van der Waals surface area contributed by atoms with Gasteiger partial charge in [-0.3, -0.25) is 14.4 Å². The van der Waals surface area contributed by atoms with Crippen LogP contribution in [0.5, 0.6) is 0 Å². The summed E-state index contributed by atoms with van der Waals surface area (Å²) >= 11 is 0. The lowest BCUT2D eigenvalue weighted by atomic mass is 9.50. The molecule has 0 radical (unpaired) electrons. The van der Waals surface area contributed by atoms with Gasteiger partial charge in [0.2, 0.25) is 0 Å². The standard InChI is InChI=1S/C19H24O9/c1-9-5-11-18(7-20,15(25)14(9)24)17(2)6-10(16(28-11)19(17)8-26-19)27-13(23)4-3-12(21)22/h5,10-11,15-16,20,25H,3-4,6-8H2,1-2H3,(H,21,22)/t10-,11+,15+,16+,17+,18+,19?/m1/s1. The topological polar surface area (TPSA) is 143 Å². The number of rotatable bonds is 5. The van der Waals surface area contributed by atoms with E-state index in [0.29, 0.717) is 12.2 Å². The molecule has 0 amide bonds. The first-order valence-corrected chi connectivity index (χ1v) is 9.35. The third-order valence-electron chi connectivity index (χ3n) is 7.24. The molecule has 7 atom stereocenters. The number of carbonyl (C=O) groups is 3. The van der Waals surface area contributed by atoms with Crippen LogP contribution < -0.4 is 0 Å². The lowest BCUT2D eigenvalue weighted by Crippen LogP contribution is -2.70. The molecule has 3 fully saturated rings. The fraction of sp³-hybridized carbons (Fsp3) is 0.737. The van der Waals surface area contributed by atoms with Gasteiger partial charge in [-0.1, -0.05) is 6.92 Å². The van der Waals surface area contributed by atoms with Gasteiger partial charge in [0.25, 0.3) is 0 Å². The van der Waals surface area contributed by atoms with Crippen molar-refractivity contribution in [3.63, 3.8) is 0 Å². The molecule has 2 aliphatic carbocycles. The molecule has 0 aromatic rings. The number of aliphatic carboxylic acids is 1. The lowest BCUT2D eigenvalue weighted by molar-refractivity contribution is -0.245. The van der Waals surface area contributed by atoms with Crippen LogP contribution in [0, 0.1) is 10.8 Å². The van der Waals surface area contributed by atoms with Crippen LogP contribution in [-0.2, 0) is 28.6 Å². The minimum absolute atomic E-state index is 0.227. The van der Waals surface area contributed by atoms with E-state index < -0.39 is 65.2 Å². The van der Waals surface area contributed by atoms with Gasteiger partial charge in [-0.15, -0.1) is 0 Å².